The van der Waals surface area contributed by atoms with Gasteiger partial charge in [-0.25, -0.2) is 14.6 Å². The quantitative estimate of drug-likeness (QED) is 0.362. The molecule has 2 aromatic heterocycles. The molecule has 0 radical (unpaired) electrons. The van der Waals surface area contributed by atoms with Gasteiger partial charge in [0, 0.05) is 41.8 Å². The maximum Gasteiger partial charge on any atom is 0.408 e. The van der Waals surface area contributed by atoms with Crippen LogP contribution >= 0.6 is 0 Å². The molecule has 0 aliphatic carbocycles. The molecule has 5 N–H and O–H groups in total. The third-order valence-corrected chi connectivity index (χ3v) is 4.70. The number of hydrogen-bond acceptors (Lipinski definition) is 5. The number of aromatic amines is 2. The molecule has 0 bridgehead atoms. The van der Waals surface area contributed by atoms with E-state index in [4.69, 9.17) is 4.74 Å². The van der Waals surface area contributed by atoms with E-state index in [-0.39, 0.29) is 12.8 Å². The molecule has 1 aromatic carbocycles. The summed E-state index contributed by atoms with van der Waals surface area (Å²) in [4.78, 5) is 47.0. The van der Waals surface area contributed by atoms with Crippen LogP contribution in [0.1, 0.15) is 32.0 Å². The number of carboxylic acids is 1. The first-order valence-electron chi connectivity index (χ1n) is 10.2. The number of nitrogens with zero attached hydrogens (tertiary/aromatic N) is 1. The van der Waals surface area contributed by atoms with Gasteiger partial charge in [0.05, 0.1) is 6.33 Å². The number of nitrogens with one attached hydrogen (secondary N) is 4. The van der Waals surface area contributed by atoms with Gasteiger partial charge >= 0.3 is 12.1 Å². The van der Waals surface area contributed by atoms with E-state index in [9.17, 15) is 19.5 Å². The van der Waals surface area contributed by atoms with Crippen molar-refractivity contribution in [1.82, 2.24) is 25.6 Å². The molecule has 3 aromatic rings. The molecule has 0 aliphatic heterocycles. The summed E-state index contributed by atoms with van der Waals surface area (Å²) >= 11 is 0. The number of carboxylic acid groups (broad SMARTS) is 1. The topological polar surface area (TPSA) is 149 Å². The molecule has 0 aliphatic rings. The number of alkyl carbamates (subject to hydrolysis) is 1. The van der Waals surface area contributed by atoms with Crippen molar-refractivity contribution in [2.75, 3.05) is 0 Å². The summed E-state index contributed by atoms with van der Waals surface area (Å²) in [6.07, 6.45) is 4.09. The number of carbonyl (C=O) groups excluding carboxylic acids is 2. The van der Waals surface area contributed by atoms with Gasteiger partial charge in [-0.1, -0.05) is 18.2 Å². The summed E-state index contributed by atoms with van der Waals surface area (Å²) in [6, 6.07) is 5.32. The summed E-state index contributed by atoms with van der Waals surface area (Å²) in [7, 11) is 0. The molecule has 170 valence electrons. The maximum absolute atomic E-state index is 13.1. The van der Waals surface area contributed by atoms with Crippen molar-refractivity contribution in [2.24, 2.45) is 0 Å². The van der Waals surface area contributed by atoms with Crippen LogP contribution in [0.3, 0.4) is 0 Å². The number of amides is 2. The van der Waals surface area contributed by atoms with E-state index in [1.165, 1.54) is 12.5 Å². The molecule has 2 amide bonds. The van der Waals surface area contributed by atoms with Gasteiger partial charge in [0.15, 0.2) is 0 Å². The Labute approximate surface area is 184 Å². The van der Waals surface area contributed by atoms with Crippen molar-refractivity contribution in [3.05, 3.63) is 54.2 Å². The lowest BCUT2D eigenvalue weighted by Gasteiger charge is -2.24. The van der Waals surface area contributed by atoms with Crippen molar-refractivity contribution < 1.29 is 24.2 Å². The normalized spacial score (nSPS) is 13.3. The van der Waals surface area contributed by atoms with Gasteiger partial charge in [-0.2, -0.15) is 0 Å². The van der Waals surface area contributed by atoms with E-state index in [0.29, 0.717) is 5.69 Å². The smallest absolute Gasteiger partial charge is 0.408 e. The van der Waals surface area contributed by atoms with Gasteiger partial charge in [-0.05, 0) is 32.4 Å². The largest absolute Gasteiger partial charge is 0.480 e. The minimum atomic E-state index is -1.20. The zero-order valence-corrected chi connectivity index (χ0v) is 18.1. The Bertz CT molecular complexity index is 1080. The summed E-state index contributed by atoms with van der Waals surface area (Å²) in [5.74, 6) is -1.83. The summed E-state index contributed by atoms with van der Waals surface area (Å²) in [6.45, 7) is 5.14. The molecule has 10 heteroatoms. The number of imidazole rings is 1. The van der Waals surface area contributed by atoms with E-state index in [0.717, 1.165) is 16.5 Å². The number of aliphatic carboxylic acids is 1. The predicted molar refractivity (Wildman–Crippen MR) is 117 cm³/mol. The third kappa shape index (κ3) is 6.10. The minimum absolute atomic E-state index is 0.0211. The molecule has 32 heavy (non-hydrogen) atoms. The summed E-state index contributed by atoms with van der Waals surface area (Å²) < 4.78 is 5.30. The van der Waals surface area contributed by atoms with Crippen LogP contribution in [-0.4, -0.2) is 55.7 Å². The van der Waals surface area contributed by atoms with Crippen molar-refractivity contribution >= 4 is 28.9 Å². The minimum Gasteiger partial charge on any atom is -0.480 e. The maximum atomic E-state index is 13.1. The number of aromatic nitrogens is 3. The predicted octanol–water partition coefficient (Wildman–Crippen LogP) is 2.14. The van der Waals surface area contributed by atoms with Gasteiger partial charge in [0.2, 0.25) is 5.91 Å². The highest BCUT2D eigenvalue weighted by molar-refractivity contribution is 5.91. The molecule has 0 saturated heterocycles. The highest BCUT2D eigenvalue weighted by Crippen LogP contribution is 2.19. The van der Waals surface area contributed by atoms with Crippen LogP contribution in [0.4, 0.5) is 4.79 Å². The molecule has 2 heterocycles. The second kappa shape index (κ2) is 9.54. The SMILES string of the molecule is CC(C)(C)OC(=O)N[C@@H](Cc1c[nH]c2ccccc12)C(=O)N[C@@H](Cc1cnc[nH]1)C(=O)O. The van der Waals surface area contributed by atoms with Gasteiger partial charge in [-0.15, -0.1) is 0 Å². The second-order valence-corrected chi connectivity index (χ2v) is 8.44. The number of ether oxygens (including phenoxy) is 1. The highest BCUT2D eigenvalue weighted by atomic mass is 16.6. The monoisotopic (exact) mass is 441 g/mol. The number of para-hydroxylation sites is 1. The van der Waals surface area contributed by atoms with Crippen molar-refractivity contribution in [3.63, 3.8) is 0 Å². The van der Waals surface area contributed by atoms with E-state index < -0.39 is 35.7 Å². The van der Waals surface area contributed by atoms with Gasteiger partial charge in [0.1, 0.15) is 17.7 Å². The average molecular weight is 441 g/mol. The lowest BCUT2D eigenvalue weighted by molar-refractivity contribution is -0.142. The van der Waals surface area contributed by atoms with E-state index in [1.54, 1.807) is 27.0 Å². The second-order valence-electron chi connectivity index (χ2n) is 8.44. The zero-order valence-electron chi connectivity index (χ0n) is 18.1. The fourth-order valence-corrected chi connectivity index (χ4v) is 3.27. The number of fused-ring (bicyclic) bond motifs is 1. The van der Waals surface area contributed by atoms with Crippen LogP contribution in [0.15, 0.2) is 43.0 Å². The van der Waals surface area contributed by atoms with E-state index in [2.05, 4.69) is 25.6 Å². The Morgan fingerprint density at radius 2 is 1.84 bits per heavy atom. The van der Waals surface area contributed by atoms with Crippen molar-refractivity contribution in [1.29, 1.82) is 0 Å². The molecular formula is C22H27N5O5. The fourth-order valence-electron chi connectivity index (χ4n) is 3.27. The lowest BCUT2D eigenvalue weighted by Crippen LogP contribution is -2.53. The van der Waals surface area contributed by atoms with Gasteiger partial charge in [0.25, 0.3) is 0 Å². The number of carbonyl (C=O) groups is 3. The zero-order chi connectivity index (χ0) is 23.3. The van der Waals surface area contributed by atoms with Crippen LogP contribution in [0.2, 0.25) is 0 Å². The van der Waals surface area contributed by atoms with E-state index in [1.807, 2.05) is 24.3 Å². The Balaban J connectivity index is 1.80. The molecule has 0 saturated carbocycles. The fraction of sp³-hybridized carbons (Fsp3) is 0.364. The number of benzene rings is 1. The molecule has 3 rings (SSSR count). The first-order chi connectivity index (χ1) is 15.1. The summed E-state index contributed by atoms with van der Waals surface area (Å²) in [5.41, 5.74) is 1.50. The first kappa shape index (κ1) is 22.9. The lowest BCUT2D eigenvalue weighted by atomic mass is 10.0. The number of hydrogen-bond donors (Lipinski definition) is 5. The van der Waals surface area contributed by atoms with Crippen LogP contribution in [0.5, 0.6) is 0 Å². The molecule has 0 spiro atoms. The van der Waals surface area contributed by atoms with Gasteiger partial charge in [-0.3, -0.25) is 4.79 Å². The van der Waals surface area contributed by atoms with Crippen LogP contribution in [0.25, 0.3) is 10.9 Å². The Morgan fingerprint density at radius 1 is 1.09 bits per heavy atom. The average Bonchev–Trinajstić information content (AvgIpc) is 3.35. The number of H-pyrrole nitrogens is 2. The van der Waals surface area contributed by atoms with Crippen molar-refractivity contribution in [2.45, 2.75) is 51.3 Å². The van der Waals surface area contributed by atoms with Gasteiger partial charge < -0.3 is 30.4 Å². The van der Waals surface area contributed by atoms with E-state index >= 15 is 0 Å². The molecule has 0 fully saturated rings. The molecular weight excluding hydrogens is 414 g/mol. The first-order valence-corrected chi connectivity index (χ1v) is 10.2. The summed E-state index contributed by atoms with van der Waals surface area (Å²) in [5, 5.41) is 15.6. The third-order valence-electron chi connectivity index (χ3n) is 4.70. The van der Waals surface area contributed by atoms with Crippen molar-refractivity contribution in [3.8, 4) is 0 Å². The standard InChI is InChI=1S/C22H27N5O5/c1-22(2,3)32-21(31)27-17(8-13-10-24-16-7-5-4-6-15(13)16)19(28)26-18(20(29)30)9-14-11-23-12-25-14/h4-7,10-12,17-18,24H,8-9H2,1-3H3,(H,23,25)(H,26,28)(H,27,31)(H,29,30)/t17-,18-/m0/s1. The Hall–Kier alpha value is -3.82. The molecule has 0 unspecified atom stereocenters. The Morgan fingerprint density at radius 3 is 2.50 bits per heavy atom. The van der Waals surface area contributed by atoms with Crippen LogP contribution in [-0.2, 0) is 27.2 Å². The van der Waals surface area contributed by atoms with Crippen LogP contribution in [0, 0.1) is 0 Å². The Kier molecular flexibility index (Phi) is 6.82. The van der Waals surface area contributed by atoms with Crippen LogP contribution < -0.4 is 10.6 Å². The highest BCUT2D eigenvalue weighted by Gasteiger charge is 2.29. The molecule has 10 nitrogen and oxygen atoms in total. The molecule has 2 atom stereocenters. The number of rotatable bonds is 8.